The quantitative estimate of drug-likeness (QED) is 0.243. The van der Waals surface area contributed by atoms with Gasteiger partial charge < -0.3 is 4.42 Å². The first-order valence-corrected chi connectivity index (χ1v) is 13.2. The largest absolute Gasteiger partial charge is 0.437 e. The van der Waals surface area contributed by atoms with Gasteiger partial charge in [0.15, 0.2) is 0 Å². The van der Waals surface area contributed by atoms with E-state index in [0.29, 0.717) is 27.8 Å². The zero-order valence-electron chi connectivity index (χ0n) is 29.7. The van der Waals surface area contributed by atoms with Crippen LogP contribution >= 0.6 is 0 Å². The second-order valence-electron chi connectivity index (χ2n) is 12.4. The second-order valence-corrected chi connectivity index (χ2v) is 12.4. The molecule has 0 aliphatic heterocycles. The van der Waals surface area contributed by atoms with Crippen LogP contribution in [0.15, 0.2) is 65.2 Å². The Morgan fingerprint density at radius 3 is 2.42 bits per heavy atom. The molecule has 3 heterocycles. The first kappa shape index (κ1) is 17.9. The Kier molecular flexibility index (Phi) is 4.15. The summed E-state index contributed by atoms with van der Waals surface area (Å²) in [5.41, 5.74) is 5.20. The molecule has 0 unspecified atom stereocenters. The van der Waals surface area contributed by atoms with Crippen LogP contribution in [0.2, 0.25) is 0 Å². The first-order valence-electron chi connectivity index (χ1n) is 16.7. The minimum atomic E-state index is -2.40. The maximum absolute atomic E-state index is 9.56. The van der Waals surface area contributed by atoms with Crippen molar-refractivity contribution < 1.29 is 14.0 Å². The fourth-order valence-electron chi connectivity index (χ4n) is 6.73. The van der Waals surface area contributed by atoms with E-state index in [1.807, 2.05) is 37.3 Å². The predicted molar refractivity (Wildman–Crippen MR) is 159 cm³/mol. The molecule has 194 valence electrons. The Bertz CT molecular complexity index is 1930. The fourth-order valence-corrected chi connectivity index (χ4v) is 6.73. The van der Waals surface area contributed by atoms with Crippen LogP contribution in [0, 0.1) is 31.5 Å². The molecule has 0 N–H and O–H groups in total. The summed E-state index contributed by atoms with van der Waals surface area (Å²) in [5.74, 6) is -0.741. The molecule has 3 heteroatoms. The van der Waals surface area contributed by atoms with E-state index in [4.69, 9.17) is 12.6 Å². The van der Waals surface area contributed by atoms with Gasteiger partial charge in [-0.05, 0) is 109 Å². The molecule has 0 radical (unpaired) electrons. The summed E-state index contributed by atoms with van der Waals surface area (Å²) < 4.78 is 63.8. The molecule has 3 aromatic heterocycles. The van der Waals surface area contributed by atoms with Crippen LogP contribution in [0.1, 0.15) is 84.8 Å². The first-order chi connectivity index (χ1) is 20.8. The third-order valence-corrected chi connectivity index (χ3v) is 7.81. The minimum Gasteiger partial charge on any atom is -0.437 e. The van der Waals surface area contributed by atoms with E-state index < -0.39 is 19.6 Å². The Hall–Kier alpha value is -3.46. The number of hydrogen-bond donors (Lipinski definition) is 0. The van der Waals surface area contributed by atoms with Gasteiger partial charge in [0.2, 0.25) is 5.71 Å². The molecule has 1 aliphatic carbocycles. The van der Waals surface area contributed by atoms with Crippen LogP contribution in [0.5, 0.6) is 0 Å². The highest BCUT2D eigenvalue weighted by atomic mass is 16.3. The summed E-state index contributed by atoms with van der Waals surface area (Å²) in [5, 5.41) is 1.44. The number of furan rings is 1. The number of para-hydroxylation sites is 1. The van der Waals surface area contributed by atoms with E-state index >= 15 is 0 Å². The third kappa shape index (κ3) is 4.42. The van der Waals surface area contributed by atoms with Crippen molar-refractivity contribution in [1.29, 1.82) is 0 Å². The predicted octanol–water partition coefficient (Wildman–Crippen LogP) is 9.96. The van der Waals surface area contributed by atoms with Gasteiger partial charge in [0, 0.05) is 37.8 Å². The van der Waals surface area contributed by atoms with Gasteiger partial charge in [0.05, 0.1) is 5.69 Å². The topological polar surface area (TPSA) is 38.9 Å². The summed E-state index contributed by atoms with van der Waals surface area (Å²) in [4.78, 5) is 8.85. The highest BCUT2D eigenvalue weighted by molar-refractivity contribution is 6.08. The monoisotopic (exact) mass is 509 g/mol. The molecular weight excluding hydrogens is 464 g/mol. The number of aromatic nitrogens is 2. The van der Waals surface area contributed by atoms with E-state index in [9.17, 15) is 1.37 Å². The summed E-state index contributed by atoms with van der Waals surface area (Å²) in [6.07, 6.45) is 3.99. The molecule has 0 spiro atoms. The highest BCUT2D eigenvalue weighted by Crippen LogP contribution is 2.52. The Balaban J connectivity index is 1.48. The van der Waals surface area contributed by atoms with Crippen LogP contribution in [0.4, 0.5) is 0 Å². The maximum atomic E-state index is 9.56. The van der Waals surface area contributed by atoms with Crippen molar-refractivity contribution in [3.05, 3.63) is 83.2 Å². The van der Waals surface area contributed by atoms with Crippen molar-refractivity contribution >= 4 is 22.1 Å². The molecule has 0 saturated heterocycles. The number of fused-ring (bicyclic) bond motifs is 3. The number of benzene rings is 2. The average molecular weight is 510 g/mol. The van der Waals surface area contributed by atoms with Gasteiger partial charge in [-0.1, -0.05) is 58.0 Å². The number of hydrogen-bond acceptors (Lipinski definition) is 3. The van der Waals surface area contributed by atoms with E-state index in [0.717, 1.165) is 41.3 Å². The van der Waals surface area contributed by atoms with Crippen LogP contribution in [0.25, 0.3) is 44.5 Å². The molecule has 0 bridgehead atoms. The summed E-state index contributed by atoms with van der Waals surface area (Å²) >= 11 is 0. The maximum Gasteiger partial charge on any atom is 0.227 e. The highest BCUT2D eigenvalue weighted by Gasteiger charge is 2.39. The zero-order chi connectivity index (χ0) is 32.7. The van der Waals surface area contributed by atoms with Gasteiger partial charge in [0.1, 0.15) is 5.58 Å². The van der Waals surface area contributed by atoms with Gasteiger partial charge >= 0.3 is 0 Å². The number of pyridine rings is 2. The van der Waals surface area contributed by atoms with Crippen molar-refractivity contribution in [2.24, 2.45) is 10.8 Å². The lowest BCUT2D eigenvalue weighted by Gasteiger charge is -2.45. The molecule has 5 aromatic rings. The van der Waals surface area contributed by atoms with Gasteiger partial charge in [-0.15, -0.1) is 0 Å². The summed E-state index contributed by atoms with van der Waals surface area (Å²) in [6.45, 7) is 6.16. The van der Waals surface area contributed by atoms with Gasteiger partial charge in [-0.25, -0.2) is 4.98 Å². The van der Waals surface area contributed by atoms with E-state index in [2.05, 4.69) is 43.7 Å². The van der Waals surface area contributed by atoms with E-state index in [-0.39, 0.29) is 27.8 Å². The Morgan fingerprint density at radius 1 is 0.868 bits per heavy atom. The van der Waals surface area contributed by atoms with Gasteiger partial charge in [-0.3, -0.25) is 4.98 Å². The van der Waals surface area contributed by atoms with Crippen LogP contribution in [-0.2, 0) is 0 Å². The molecule has 6 rings (SSSR count). The zero-order valence-corrected chi connectivity index (χ0v) is 22.7. The average Bonchev–Trinajstić information content (AvgIpc) is 3.28. The van der Waals surface area contributed by atoms with E-state index in [1.54, 1.807) is 12.1 Å². The van der Waals surface area contributed by atoms with Crippen LogP contribution in [-0.4, -0.2) is 9.97 Å². The number of aryl methyl sites for hydroxylation is 3. The number of nitrogens with zero attached hydrogens (tertiary/aromatic N) is 2. The smallest absolute Gasteiger partial charge is 0.227 e. The van der Waals surface area contributed by atoms with Crippen molar-refractivity contribution in [2.45, 2.75) is 73.5 Å². The molecule has 0 amide bonds. The van der Waals surface area contributed by atoms with Crippen molar-refractivity contribution in [2.75, 3.05) is 0 Å². The van der Waals surface area contributed by atoms with Gasteiger partial charge in [-0.2, -0.15) is 0 Å². The normalized spacial score (nSPS) is 21.6. The Labute approximate surface area is 236 Å². The standard InChI is InChI=1S/C35H38N2O/c1-21-15-24(25-17-34(4,5)20-35(6,7)18-25)12-14-26(21)30-16-31(36-19-22(30)2)29-10-8-9-27-28-13-11-23(3)37-33(28)38-32(27)29/h8-16,19,25H,17-18,20H2,1-7H3/i2D3,3D3,25D. The van der Waals surface area contributed by atoms with Crippen molar-refractivity contribution in [1.82, 2.24) is 9.97 Å². The molecule has 2 aromatic carbocycles. The van der Waals surface area contributed by atoms with Crippen LogP contribution in [0.3, 0.4) is 0 Å². The lowest BCUT2D eigenvalue weighted by Crippen LogP contribution is -2.32. The molecule has 1 saturated carbocycles. The molecule has 1 fully saturated rings. The van der Waals surface area contributed by atoms with Crippen molar-refractivity contribution in [3.63, 3.8) is 0 Å². The molecule has 38 heavy (non-hydrogen) atoms. The minimum absolute atomic E-state index is 0.0337. The van der Waals surface area contributed by atoms with Crippen LogP contribution < -0.4 is 0 Å². The lowest BCUT2D eigenvalue weighted by atomic mass is 9.60. The second kappa shape index (κ2) is 8.80. The molecule has 1 aliphatic rings. The molecule has 3 nitrogen and oxygen atoms in total. The Morgan fingerprint density at radius 2 is 1.68 bits per heavy atom. The van der Waals surface area contributed by atoms with Gasteiger partial charge in [0.25, 0.3) is 0 Å². The summed E-state index contributed by atoms with van der Waals surface area (Å²) in [7, 11) is 0. The third-order valence-electron chi connectivity index (χ3n) is 7.81. The van der Waals surface area contributed by atoms with Crippen molar-refractivity contribution in [3.8, 4) is 22.4 Å². The molecular formula is C35H38N2O. The van der Waals surface area contributed by atoms with E-state index in [1.165, 1.54) is 12.3 Å². The molecule has 0 atom stereocenters. The fraction of sp³-hybridized carbons (Fsp3) is 0.371. The number of rotatable bonds is 3. The SMILES string of the molecule is [2H]C([2H])([2H])c1ccc2c(n1)oc1c(-c3cc(-c4ccc(C5([2H])CC(C)(C)CC(C)(C)C5)cc4C)c(C([2H])([2H])[2H])cn3)cccc12. The summed E-state index contributed by atoms with van der Waals surface area (Å²) in [6, 6.07) is 16.6. The lowest BCUT2D eigenvalue weighted by molar-refractivity contribution is 0.0969.